The fraction of sp³-hybridized carbons (Fsp3) is 0.550. The summed E-state index contributed by atoms with van der Waals surface area (Å²) < 4.78 is 21.9. The zero-order valence-corrected chi connectivity index (χ0v) is 16.7. The molecule has 0 radical (unpaired) electrons. The zero-order chi connectivity index (χ0) is 20.3. The number of ether oxygens (including phenoxy) is 3. The Labute approximate surface area is 169 Å². The van der Waals surface area contributed by atoms with E-state index in [9.17, 15) is 4.79 Å². The van der Waals surface area contributed by atoms with Crippen LogP contribution in [-0.2, 0) is 27.4 Å². The van der Waals surface area contributed by atoms with Gasteiger partial charge in [-0.15, -0.1) is 0 Å². The minimum absolute atomic E-state index is 0.152. The van der Waals surface area contributed by atoms with E-state index in [2.05, 4.69) is 26.4 Å². The highest BCUT2D eigenvalue weighted by Crippen LogP contribution is 2.32. The minimum Gasteiger partial charge on any atom is -0.481 e. The number of pyridine rings is 1. The number of hydrogen-bond donors (Lipinski definition) is 1. The number of amides is 1. The molecule has 2 aromatic heterocycles. The summed E-state index contributed by atoms with van der Waals surface area (Å²) in [4.78, 5) is 19.1. The van der Waals surface area contributed by atoms with Gasteiger partial charge >= 0.3 is 0 Å². The first kappa shape index (κ1) is 19.8. The van der Waals surface area contributed by atoms with Crippen molar-refractivity contribution in [2.24, 2.45) is 0 Å². The van der Waals surface area contributed by atoms with Crippen LogP contribution >= 0.6 is 0 Å². The van der Waals surface area contributed by atoms with Gasteiger partial charge in [0.05, 0.1) is 26.9 Å². The predicted molar refractivity (Wildman–Crippen MR) is 102 cm³/mol. The fourth-order valence-corrected chi connectivity index (χ4v) is 3.94. The van der Waals surface area contributed by atoms with Crippen LogP contribution < -0.4 is 10.1 Å². The monoisotopic (exact) mass is 402 g/mol. The molecular formula is C20H26N4O5. The molecule has 2 saturated heterocycles. The van der Waals surface area contributed by atoms with E-state index in [0.29, 0.717) is 44.3 Å². The highest BCUT2D eigenvalue weighted by molar-refractivity contribution is 5.81. The molecule has 29 heavy (non-hydrogen) atoms. The molecule has 0 unspecified atom stereocenters. The van der Waals surface area contributed by atoms with Gasteiger partial charge in [-0.05, 0) is 18.6 Å². The van der Waals surface area contributed by atoms with Gasteiger partial charge in [-0.25, -0.2) is 4.98 Å². The maximum Gasteiger partial charge on any atom is 0.249 e. The first-order valence-electron chi connectivity index (χ1n) is 9.71. The average Bonchev–Trinajstić information content (AvgIpc) is 3.37. The van der Waals surface area contributed by atoms with Crippen LogP contribution in [0.15, 0.2) is 29.1 Å². The lowest BCUT2D eigenvalue weighted by molar-refractivity contribution is -0.130. The maximum atomic E-state index is 12.5. The Morgan fingerprint density at radius 3 is 3.14 bits per heavy atom. The van der Waals surface area contributed by atoms with Crippen LogP contribution in [0.5, 0.6) is 5.88 Å². The SMILES string of the molecule is COc1ncc(CN2CCO[C@]3(CO[C@H](C(=O)NCc4ccon4)C3)C2)cc1C. The van der Waals surface area contributed by atoms with E-state index in [-0.39, 0.29) is 5.91 Å². The lowest BCUT2D eigenvalue weighted by Gasteiger charge is -2.39. The standard InChI is InChI=1S/C20H26N4O5/c1-14-7-15(9-22-19(14)26-2)11-24-4-6-28-20(12-24)8-17(27-13-20)18(25)21-10-16-3-5-29-23-16/h3,5,7,9,17H,4,6,8,10-13H2,1-2H3,(H,21,25)/t17-,20-/m0/s1. The number of rotatable bonds is 6. The largest absolute Gasteiger partial charge is 0.481 e. The first-order chi connectivity index (χ1) is 14.1. The Hall–Kier alpha value is -2.49. The molecule has 1 amide bonds. The van der Waals surface area contributed by atoms with Crippen molar-refractivity contribution >= 4 is 5.91 Å². The highest BCUT2D eigenvalue weighted by Gasteiger charge is 2.46. The van der Waals surface area contributed by atoms with E-state index in [1.165, 1.54) is 6.26 Å². The van der Waals surface area contributed by atoms with E-state index < -0.39 is 11.7 Å². The van der Waals surface area contributed by atoms with E-state index in [4.69, 9.17) is 18.7 Å². The minimum atomic E-state index is -0.522. The van der Waals surface area contributed by atoms with Gasteiger partial charge in [-0.1, -0.05) is 5.16 Å². The van der Waals surface area contributed by atoms with Crippen LogP contribution in [0, 0.1) is 6.92 Å². The van der Waals surface area contributed by atoms with Crippen LogP contribution in [0.25, 0.3) is 0 Å². The molecule has 156 valence electrons. The molecule has 2 atom stereocenters. The number of hydrogen-bond acceptors (Lipinski definition) is 8. The summed E-state index contributed by atoms with van der Waals surface area (Å²) in [5.74, 6) is 0.497. The van der Waals surface area contributed by atoms with Gasteiger partial charge in [0, 0.05) is 43.9 Å². The first-order valence-corrected chi connectivity index (χ1v) is 9.71. The van der Waals surface area contributed by atoms with Crippen LogP contribution in [0.1, 0.15) is 23.2 Å². The Morgan fingerprint density at radius 1 is 1.48 bits per heavy atom. The summed E-state index contributed by atoms with van der Waals surface area (Å²) in [5.41, 5.74) is 2.36. The third-order valence-electron chi connectivity index (χ3n) is 5.35. The number of nitrogens with one attached hydrogen (secondary N) is 1. The number of carbonyl (C=O) groups is 1. The lowest BCUT2D eigenvalue weighted by atomic mass is 9.97. The third kappa shape index (κ3) is 4.58. The van der Waals surface area contributed by atoms with Gasteiger partial charge < -0.3 is 24.1 Å². The molecule has 1 N–H and O–H groups in total. The number of carbonyl (C=O) groups excluding carboxylic acids is 1. The van der Waals surface area contributed by atoms with Gasteiger partial charge in [0.1, 0.15) is 23.7 Å². The second-order valence-electron chi connectivity index (χ2n) is 7.62. The molecule has 1 spiro atoms. The number of methoxy groups -OCH3 is 1. The molecule has 2 aromatic rings. The maximum absolute atomic E-state index is 12.5. The van der Waals surface area contributed by atoms with Gasteiger partial charge in [0.2, 0.25) is 11.8 Å². The van der Waals surface area contributed by atoms with E-state index in [1.807, 2.05) is 13.1 Å². The number of aromatic nitrogens is 2. The van der Waals surface area contributed by atoms with Crippen LogP contribution in [-0.4, -0.2) is 66.1 Å². The summed E-state index contributed by atoms with van der Waals surface area (Å²) in [6.45, 7) is 5.64. The predicted octanol–water partition coefficient (Wildman–Crippen LogP) is 1.06. The van der Waals surface area contributed by atoms with E-state index in [1.54, 1.807) is 13.2 Å². The molecule has 4 rings (SSSR count). The van der Waals surface area contributed by atoms with Crippen molar-refractivity contribution in [3.05, 3.63) is 41.4 Å². The molecule has 2 aliphatic heterocycles. The van der Waals surface area contributed by atoms with Crippen LogP contribution in [0.2, 0.25) is 0 Å². The van der Waals surface area contributed by atoms with E-state index in [0.717, 1.165) is 24.2 Å². The Bertz CT molecular complexity index is 843. The van der Waals surface area contributed by atoms with Crippen molar-refractivity contribution < 1.29 is 23.5 Å². The summed E-state index contributed by atoms with van der Waals surface area (Å²) in [6, 6.07) is 3.81. The summed E-state index contributed by atoms with van der Waals surface area (Å²) in [7, 11) is 1.62. The van der Waals surface area contributed by atoms with Crippen LogP contribution in [0.4, 0.5) is 0 Å². The third-order valence-corrected chi connectivity index (χ3v) is 5.35. The molecule has 4 heterocycles. The van der Waals surface area contributed by atoms with Crippen molar-refractivity contribution in [1.29, 1.82) is 0 Å². The van der Waals surface area contributed by atoms with Crippen molar-refractivity contribution in [3.63, 3.8) is 0 Å². The van der Waals surface area contributed by atoms with Gasteiger partial charge in [-0.3, -0.25) is 9.69 Å². The van der Waals surface area contributed by atoms with Crippen molar-refractivity contribution in [3.8, 4) is 5.88 Å². The topological polar surface area (TPSA) is 99.0 Å². The molecule has 2 fully saturated rings. The summed E-state index contributed by atoms with van der Waals surface area (Å²) in [5, 5.41) is 6.63. The van der Waals surface area contributed by atoms with E-state index >= 15 is 0 Å². The second-order valence-corrected chi connectivity index (χ2v) is 7.62. The lowest BCUT2D eigenvalue weighted by Crippen LogP contribution is -2.52. The molecule has 9 nitrogen and oxygen atoms in total. The summed E-state index contributed by atoms with van der Waals surface area (Å²) >= 11 is 0. The highest BCUT2D eigenvalue weighted by atomic mass is 16.6. The number of morpholine rings is 1. The summed E-state index contributed by atoms with van der Waals surface area (Å²) in [6.07, 6.45) is 3.34. The molecule has 0 aromatic carbocycles. The molecule has 0 aliphatic carbocycles. The van der Waals surface area contributed by atoms with Crippen LogP contribution in [0.3, 0.4) is 0 Å². The fourth-order valence-electron chi connectivity index (χ4n) is 3.94. The number of aryl methyl sites for hydroxylation is 1. The van der Waals surface area contributed by atoms with Crippen molar-refractivity contribution in [2.45, 2.75) is 38.1 Å². The van der Waals surface area contributed by atoms with Gasteiger partial charge in [0.25, 0.3) is 0 Å². The molecule has 2 aliphatic rings. The average molecular weight is 402 g/mol. The smallest absolute Gasteiger partial charge is 0.249 e. The molecule has 0 bridgehead atoms. The van der Waals surface area contributed by atoms with Gasteiger partial charge in [-0.2, -0.15) is 0 Å². The normalized spacial score (nSPS) is 24.7. The quantitative estimate of drug-likeness (QED) is 0.766. The van der Waals surface area contributed by atoms with Gasteiger partial charge in [0.15, 0.2) is 0 Å². The Balaban J connectivity index is 1.33. The second kappa shape index (κ2) is 8.48. The number of nitrogens with zero attached hydrogens (tertiary/aromatic N) is 3. The zero-order valence-electron chi connectivity index (χ0n) is 16.7. The Kier molecular flexibility index (Phi) is 5.79. The molecule has 9 heteroatoms. The van der Waals surface area contributed by atoms with Crippen molar-refractivity contribution in [1.82, 2.24) is 20.4 Å². The van der Waals surface area contributed by atoms with Crippen molar-refractivity contribution in [2.75, 3.05) is 33.4 Å². The molecule has 0 saturated carbocycles. The molecular weight excluding hydrogens is 376 g/mol. The Morgan fingerprint density at radius 2 is 2.38 bits per heavy atom.